The van der Waals surface area contributed by atoms with Gasteiger partial charge in [0.05, 0.1) is 17.7 Å². The Balaban J connectivity index is 2.49. The van der Waals surface area contributed by atoms with Gasteiger partial charge in [0.15, 0.2) is 0 Å². The zero-order chi connectivity index (χ0) is 7.68. The summed E-state index contributed by atoms with van der Waals surface area (Å²) < 4.78 is 0. The van der Waals surface area contributed by atoms with Crippen molar-refractivity contribution in [1.82, 2.24) is 4.98 Å². The fourth-order valence-corrected chi connectivity index (χ4v) is 1.54. The van der Waals surface area contributed by atoms with Gasteiger partial charge in [0.25, 0.3) is 0 Å². The maximum atomic E-state index is 8.72. The highest BCUT2D eigenvalue weighted by molar-refractivity contribution is 5.32. The van der Waals surface area contributed by atoms with Crippen LogP contribution in [0.4, 0.5) is 0 Å². The summed E-state index contributed by atoms with van der Waals surface area (Å²) in [7, 11) is 0. The van der Waals surface area contributed by atoms with Crippen LogP contribution in [0, 0.1) is 11.3 Å². The zero-order valence-electron chi connectivity index (χ0n) is 6.12. The van der Waals surface area contributed by atoms with Gasteiger partial charge in [-0.05, 0) is 24.5 Å². The Hall–Kier alpha value is -1.36. The lowest BCUT2D eigenvalue weighted by molar-refractivity contribution is 0.810. The largest absolute Gasteiger partial charge is 0.260 e. The molecule has 54 valence electrons. The summed E-state index contributed by atoms with van der Waals surface area (Å²) in [6.07, 6.45) is 3.72. The molecular formula is C9H8N2. The smallest absolute Gasteiger partial charge is 0.0890 e. The second kappa shape index (κ2) is 2.35. The van der Waals surface area contributed by atoms with Gasteiger partial charge in [-0.3, -0.25) is 4.98 Å². The normalized spacial score (nSPS) is 20.8. The van der Waals surface area contributed by atoms with Crippen molar-refractivity contribution < 1.29 is 0 Å². The number of hydrogen-bond acceptors (Lipinski definition) is 2. The van der Waals surface area contributed by atoms with Crippen LogP contribution >= 0.6 is 0 Å². The predicted molar refractivity (Wildman–Crippen MR) is 40.9 cm³/mol. The lowest BCUT2D eigenvalue weighted by Gasteiger charge is -1.97. The van der Waals surface area contributed by atoms with Gasteiger partial charge >= 0.3 is 0 Å². The van der Waals surface area contributed by atoms with Crippen molar-refractivity contribution in [2.45, 2.75) is 18.8 Å². The molecule has 1 atom stereocenters. The van der Waals surface area contributed by atoms with E-state index in [1.54, 1.807) is 6.20 Å². The molecule has 2 nitrogen and oxygen atoms in total. The van der Waals surface area contributed by atoms with Crippen molar-refractivity contribution in [3.8, 4) is 6.07 Å². The molecule has 11 heavy (non-hydrogen) atoms. The molecule has 0 saturated carbocycles. The fraction of sp³-hybridized carbons (Fsp3) is 0.333. The van der Waals surface area contributed by atoms with Gasteiger partial charge in [-0.2, -0.15) is 5.26 Å². The lowest BCUT2D eigenvalue weighted by Crippen LogP contribution is -1.91. The first-order valence-corrected chi connectivity index (χ1v) is 3.75. The molecule has 2 rings (SSSR count). The Kier molecular flexibility index (Phi) is 1.36. The number of aryl methyl sites for hydroxylation is 1. The maximum absolute atomic E-state index is 8.72. The molecule has 1 aromatic heterocycles. The van der Waals surface area contributed by atoms with Gasteiger partial charge < -0.3 is 0 Å². The third-order valence-corrected chi connectivity index (χ3v) is 2.11. The average Bonchev–Trinajstić information content (AvgIpc) is 2.47. The molecular weight excluding hydrogens is 136 g/mol. The van der Waals surface area contributed by atoms with Gasteiger partial charge in [0, 0.05) is 6.20 Å². The molecule has 0 spiro atoms. The Bertz CT molecular complexity index is 312. The summed E-state index contributed by atoms with van der Waals surface area (Å²) in [6.45, 7) is 0. The van der Waals surface area contributed by atoms with Crippen molar-refractivity contribution >= 4 is 0 Å². The van der Waals surface area contributed by atoms with Crippen molar-refractivity contribution in [2.75, 3.05) is 0 Å². The first kappa shape index (κ1) is 6.36. The highest BCUT2D eigenvalue weighted by Gasteiger charge is 2.22. The summed E-state index contributed by atoms with van der Waals surface area (Å²) in [5, 5.41) is 8.72. The van der Waals surface area contributed by atoms with E-state index in [0.29, 0.717) is 0 Å². The highest BCUT2D eigenvalue weighted by Crippen LogP contribution is 2.29. The number of fused-ring (bicyclic) bond motifs is 1. The molecule has 1 unspecified atom stereocenters. The minimum absolute atomic E-state index is 0.0474. The number of nitrogens with zero attached hydrogens (tertiary/aromatic N) is 2. The van der Waals surface area contributed by atoms with Crippen LogP contribution < -0.4 is 0 Å². The standard InChI is InChI=1S/C9H8N2/c10-6-8-4-3-7-2-1-5-11-9(7)8/h1-2,5,8H,3-4H2. The molecule has 1 aromatic rings. The lowest BCUT2D eigenvalue weighted by atomic mass is 10.1. The topological polar surface area (TPSA) is 36.7 Å². The summed E-state index contributed by atoms with van der Waals surface area (Å²) >= 11 is 0. The van der Waals surface area contributed by atoms with E-state index in [4.69, 9.17) is 5.26 Å². The molecule has 0 N–H and O–H groups in total. The summed E-state index contributed by atoms with van der Waals surface area (Å²) in [5.74, 6) is 0.0474. The summed E-state index contributed by atoms with van der Waals surface area (Å²) in [5.41, 5.74) is 2.24. The van der Waals surface area contributed by atoms with E-state index in [2.05, 4.69) is 17.1 Å². The quantitative estimate of drug-likeness (QED) is 0.555. The molecule has 1 heterocycles. The molecule has 2 heteroatoms. The second-order valence-corrected chi connectivity index (χ2v) is 2.77. The number of hydrogen-bond donors (Lipinski definition) is 0. The highest BCUT2D eigenvalue weighted by atomic mass is 14.7. The van der Waals surface area contributed by atoms with Crippen LogP contribution in [-0.2, 0) is 6.42 Å². The monoisotopic (exact) mass is 144 g/mol. The van der Waals surface area contributed by atoms with Crippen molar-refractivity contribution in [3.05, 3.63) is 29.6 Å². The molecule has 0 aliphatic heterocycles. The first-order valence-electron chi connectivity index (χ1n) is 3.75. The van der Waals surface area contributed by atoms with Crippen LogP contribution in [0.5, 0.6) is 0 Å². The van der Waals surface area contributed by atoms with E-state index < -0.39 is 0 Å². The van der Waals surface area contributed by atoms with Crippen molar-refractivity contribution in [2.24, 2.45) is 0 Å². The Morgan fingerprint density at radius 2 is 2.55 bits per heavy atom. The third kappa shape index (κ3) is 0.894. The van der Waals surface area contributed by atoms with Gasteiger partial charge in [-0.1, -0.05) is 6.07 Å². The molecule has 0 bridgehead atoms. The maximum Gasteiger partial charge on any atom is 0.0890 e. The van der Waals surface area contributed by atoms with Crippen LogP contribution in [0.25, 0.3) is 0 Å². The summed E-state index contributed by atoms with van der Waals surface area (Å²) in [4.78, 5) is 4.19. The minimum Gasteiger partial charge on any atom is -0.260 e. The average molecular weight is 144 g/mol. The van der Waals surface area contributed by atoms with Gasteiger partial charge in [0.2, 0.25) is 0 Å². The number of pyridine rings is 1. The summed E-state index contributed by atoms with van der Waals surface area (Å²) in [6, 6.07) is 6.24. The first-order chi connectivity index (χ1) is 5.42. The second-order valence-electron chi connectivity index (χ2n) is 2.77. The van der Waals surface area contributed by atoms with Crippen LogP contribution in [0.2, 0.25) is 0 Å². The number of rotatable bonds is 0. The predicted octanol–water partition coefficient (Wildman–Crippen LogP) is 1.63. The van der Waals surface area contributed by atoms with Crippen LogP contribution in [0.3, 0.4) is 0 Å². The van der Waals surface area contributed by atoms with Crippen LogP contribution in [-0.4, -0.2) is 4.98 Å². The Labute approximate surface area is 65.5 Å². The minimum atomic E-state index is 0.0474. The third-order valence-electron chi connectivity index (χ3n) is 2.11. The molecule has 0 amide bonds. The van der Waals surface area contributed by atoms with E-state index in [9.17, 15) is 0 Å². The van der Waals surface area contributed by atoms with Crippen molar-refractivity contribution in [3.63, 3.8) is 0 Å². The zero-order valence-corrected chi connectivity index (χ0v) is 6.12. The number of nitriles is 1. The van der Waals surface area contributed by atoms with E-state index in [1.807, 2.05) is 6.07 Å². The molecule has 0 radical (unpaired) electrons. The van der Waals surface area contributed by atoms with E-state index in [1.165, 1.54) is 5.56 Å². The van der Waals surface area contributed by atoms with Gasteiger partial charge in [0.1, 0.15) is 0 Å². The molecule has 1 aliphatic rings. The van der Waals surface area contributed by atoms with Gasteiger partial charge in [-0.25, -0.2) is 0 Å². The molecule has 0 aromatic carbocycles. The number of aromatic nitrogens is 1. The van der Waals surface area contributed by atoms with Gasteiger partial charge in [-0.15, -0.1) is 0 Å². The fourth-order valence-electron chi connectivity index (χ4n) is 1.54. The Morgan fingerprint density at radius 3 is 3.36 bits per heavy atom. The van der Waals surface area contributed by atoms with Crippen molar-refractivity contribution in [1.29, 1.82) is 5.26 Å². The molecule has 1 aliphatic carbocycles. The van der Waals surface area contributed by atoms with Crippen LogP contribution in [0.1, 0.15) is 23.6 Å². The van der Waals surface area contributed by atoms with E-state index in [0.717, 1.165) is 18.5 Å². The van der Waals surface area contributed by atoms with E-state index >= 15 is 0 Å². The van der Waals surface area contributed by atoms with Crippen LogP contribution in [0.15, 0.2) is 18.3 Å². The Morgan fingerprint density at radius 1 is 1.64 bits per heavy atom. The van der Waals surface area contributed by atoms with E-state index in [-0.39, 0.29) is 5.92 Å². The molecule has 0 saturated heterocycles. The molecule has 0 fully saturated rings. The SMILES string of the molecule is N#CC1CCc2cccnc21.